The number of unbranched alkanes of at least 4 members (excludes halogenated alkanes) is 1. The summed E-state index contributed by atoms with van der Waals surface area (Å²) in [4.78, 5) is 22.7. The monoisotopic (exact) mass is 244 g/mol. The lowest BCUT2D eigenvalue weighted by Gasteiger charge is -2.06. The first-order valence-corrected chi connectivity index (χ1v) is 6.05. The lowest BCUT2D eigenvalue weighted by molar-refractivity contribution is -0.121. The molecule has 1 aromatic rings. The minimum Gasteiger partial charge on any atom is -0.396 e. The summed E-state index contributed by atoms with van der Waals surface area (Å²) < 4.78 is 1.45. The van der Waals surface area contributed by atoms with Crippen LogP contribution >= 0.6 is 11.3 Å². The average Bonchev–Trinajstić information content (AvgIpc) is 2.56. The Morgan fingerprint density at radius 3 is 2.88 bits per heavy atom. The first-order chi connectivity index (χ1) is 7.65. The average molecular weight is 244 g/mol. The van der Waals surface area contributed by atoms with Crippen LogP contribution in [-0.4, -0.2) is 28.7 Å². The molecule has 16 heavy (non-hydrogen) atoms. The Hall–Kier alpha value is -1.14. The molecule has 0 radical (unpaired) electrons. The van der Waals surface area contributed by atoms with Crippen LogP contribution in [0, 0.1) is 6.92 Å². The van der Waals surface area contributed by atoms with Gasteiger partial charge in [-0.05, 0) is 19.8 Å². The molecule has 0 aromatic carbocycles. The van der Waals surface area contributed by atoms with Crippen LogP contribution in [0.2, 0.25) is 0 Å². The van der Waals surface area contributed by atoms with Crippen molar-refractivity contribution in [2.24, 2.45) is 0 Å². The van der Waals surface area contributed by atoms with E-state index in [2.05, 4.69) is 5.32 Å². The van der Waals surface area contributed by atoms with Crippen molar-refractivity contribution in [3.8, 4) is 0 Å². The Labute approximate surface area is 97.7 Å². The molecule has 0 aliphatic carbocycles. The number of thiazole rings is 1. The van der Waals surface area contributed by atoms with E-state index in [-0.39, 0.29) is 23.9 Å². The van der Waals surface area contributed by atoms with Gasteiger partial charge in [0, 0.05) is 24.2 Å². The fourth-order valence-corrected chi connectivity index (χ4v) is 1.99. The van der Waals surface area contributed by atoms with Crippen LogP contribution in [0.25, 0.3) is 0 Å². The highest BCUT2D eigenvalue weighted by Gasteiger charge is 2.07. The molecular weight excluding hydrogens is 228 g/mol. The highest BCUT2D eigenvalue weighted by atomic mass is 32.1. The maximum Gasteiger partial charge on any atom is 0.307 e. The molecule has 90 valence electrons. The molecule has 1 amide bonds. The van der Waals surface area contributed by atoms with E-state index in [1.807, 2.05) is 0 Å². The van der Waals surface area contributed by atoms with Crippen LogP contribution in [-0.2, 0) is 11.3 Å². The van der Waals surface area contributed by atoms with Crippen LogP contribution in [0.5, 0.6) is 0 Å². The zero-order valence-corrected chi connectivity index (χ0v) is 10.0. The Morgan fingerprint density at radius 1 is 1.56 bits per heavy atom. The molecule has 2 N–H and O–H groups in total. The Balaban J connectivity index is 2.37. The molecule has 1 aromatic heterocycles. The van der Waals surface area contributed by atoms with Crippen molar-refractivity contribution >= 4 is 17.2 Å². The third-order valence-electron chi connectivity index (χ3n) is 2.19. The number of nitrogens with zero attached hydrogens (tertiary/aromatic N) is 1. The van der Waals surface area contributed by atoms with Gasteiger partial charge in [0.2, 0.25) is 5.91 Å². The summed E-state index contributed by atoms with van der Waals surface area (Å²) in [7, 11) is 0. The van der Waals surface area contributed by atoms with E-state index in [4.69, 9.17) is 5.11 Å². The second-order valence-electron chi connectivity index (χ2n) is 3.51. The van der Waals surface area contributed by atoms with Crippen molar-refractivity contribution < 1.29 is 9.90 Å². The first-order valence-electron chi connectivity index (χ1n) is 5.17. The lowest BCUT2D eigenvalue weighted by atomic mass is 10.3. The van der Waals surface area contributed by atoms with Gasteiger partial charge in [0.25, 0.3) is 0 Å². The van der Waals surface area contributed by atoms with Gasteiger partial charge in [-0.1, -0.05) is 11.3 Å². The molecule has 6 heteroatoms. The molecule has 0 saturated heterocycles. The van der Waals surface area contributed by atoms with Crippen molar-refractivity contribution in [1.29, 1.82) is 0 Å². The van der Waals surface area contributed by atoms with E-state index in [1.165, 1.54) is 4.57 Å². The number of aliphatic hydroxyl groups is 1. The smallest absolute Gasteiger partial charge is 0.307 e. The van der Waals surface area contributed by atoms with Gasteiger partial charge in [0.1, 0.15) is 6.54 Å². The predicted molar refractivity (Wildman–Crippen MR) is 62.6 cm³/mol. The number of nitrogens with one attached hydrogen (secondary N) is 1. The van der Waals surface area contributed by atoms with Crippen molar-refractivity contribution in [1.82, 2.24) is 9.88 Å². The van der Waals surface area contributed by atoms with E-state index in [0.29, 0.717) is 13.0 Å². The van der Waals surface area contributed by atoms with Crippen LogP contribution in [0.3, 0.4) is 0 Å². The lowest BCUT2D eigenvalue weighted by Crippen LogP contribution is -2.31. The number of amides is 1. The second kappa shape index (κ2) is 6.44. The molecule has 1 heterocycles. The number of hydrogen-bond donors (Lipinski definition) is 2. The molecule has 0 aliphatic rings. The number of carbonyl (C=O) groups excluding carboxylic acids is 1. The Bertz CT molecular complexity index is 397. The SMILES string of the molecule is Cc1csc(=O)n1CC(=O)NCCCCO. The standard InChI is InChI=1S/C10H16N2O3S/c1-8-7-16-10(15)12(8)6-9(14)11-4-2-3-5-13/h7,13H,2-6H2,1H3,(H,11,14). The summed E-state index contributed by atoms with van der Waals surface area (Å²) >= 11 is 1.10. The molecule has 0 aliphatic heterocycles. The maximum atomic E-state index is 11.4. The number of aliphatic hydroxyl groups excluding tert-OH is 1. The highest BCUT2D eigenvalue weighted by Crippen LogP contribution is 1.98. The quantitative estimate of drug-likeness (QED) is 0.698. The fraction of sp³-hybridized carbons (Fsp3) is 0.600. The van der Waals surface area contributed by atoms with Gasteiger partial charge in [-0.3, -0.25) is 14.2 Å². The van der Waals surface area contributed by atoms with E-state index in [0.717, 1.165) is 23.5 Å². The molecule has 0 saturated carbocycles. The Kier molecular flexibility index (Phi) is 5.21. The third-order valence-corrected chi connectivity index (χ3v) is 3.07. The zero-order valence-electron chi connectivity index (χ0n) is 9.23. The largest absolute Gasteiger partial charge is 0.396 e. The van der Waals surface area contributed by atoms with Crippen LogP contribution < -0.4 is 10.2 Å². The summed E-state index contributed by atoms with van der Waals surface area (Å²) in [5.41, 5.74) is 0.806. The number of rotatable bonds is 6. The highest BCUT2D eigenvalue weighted by molar-refractivity contribution is 7.07. The molecule has 0 atom stereocenters. The van der Waals surface area contributed by atoms with Gasteiger partial charge in [-0.15, -0.1) is 0 Å². The van der Waals surface area contributed by atoms with Crippen molar-refractivity contribution in [3.63, 3.8) is 0 Å². The molecule has 5 nitrogen and oxygen atoms in total. The predicted octanol–water partition coefficient (Wildman–Crippen LogP) is 0.107. The summed E-state index contributed by atoms with van der Waals surface area (Å²) in [6.07, 6.45) is 1.43. The summed E-state index contributed by atoms with van der Waals surface area (Å²) in [5, 5.41) is 13.0. The van der Waals surface area contributed by atoms with Crippen LogP contribution in [0.1, 0.15) is 18.5 Å². The molecule has 1 rings (SSSR count). The van der Waals surface area contributed by atoms with E-state index in [1.54, 1.807) is 12.3 Å². The normalized spacial score (nSPS) is 10.4. The van der Waals surface area contributed by atoms with E-state index < -0.39 is 0 Å². The van der Waals surface area contributed by atoms with Crippen LogP contribution in [0.15, 0.2) is 10.2 Å². The molecule has 0 bridgehead atoms. The van der Waals surface area contributed by atoms with Crippen molar-refractivity contribution in [2.75, 3.05) is 13.2 Å². The summed E-state index contributed by atoms with van der Waals surface area (Å²) in [6, 6.07) is 0. The van der Waals surface area contributed by atoms with Crippen molar-refractivity contribution in [2.45, 2.75) is 26.3 Å². The minimum atomic E-state index is -0.165. The Morgan fingerprint density at radius 2 is 2.31 bits per heavy atom. The molecule has 0 unspecified atom stereocenters. The molecule has 0 fully saturated rings. The fourth-order valence-electron chi connectivity index (χ4n) is 1.26. The third kappa shape index (κ3) is 3.79. The zero-order chi connectivity index (χ0) is 12.0. The minimum absolute atomic E-state index is 0.0767. The van der Waals surface area contributed by atoms with E-state index >= 15 is 0 Å². The molecular formula is C10H16N2O3S. The summed E-state index contributed by atoms with van der Waals surface area (Å²) in [5.74, 6) is -0.165. The van der Waals surface area contributed by atoms with Gasteiger partial charge in [0.05, 0.1) is 0 Å². The molecule has 0 spiro atoms. The number of carbonyl (C=O) groups is 1. The summed E-state index contributed by atoms with van der Waals surface area (Å²) in [6.45, 7) is 2.56. The van der Waals surface area contributed by atoms with Gasteiger partial charge in [0.15, 0.2) is 0 Å². The number of aromatic nitrogens is 1. The van der Waals surface area contributed by atoms with Crippen molar-refractivity contribution in [3.05, 3.63) is 20.7 Å². The van der Waals surface area contributed by atoms with Gasteiger partial charge >= 0.3 is 4.87 Å². The van der Waals surface area contributed by atoms with Gasteiger partial charge in [-0.2, -0.15) is 0 Å². The van der Waals surface area contributed by atoms with Gasteiger partial charge < -0.3 is 10.4 Å². The second-order valence-corrected chi connectivity index (χ2v) is 4.33. The van der Waals surface area contributed by atoms with Crippen LogP contribution in [0.4, 0.5) is 0 Å². The van der Waals surface area contributed by atoms with E-state index in [9.17, 15) is 9.59 Å². The van der Waals surface area contributed by atoms with Gasteiger partial charge in [-0.25, -0.2) is 0 Å². The number of aryl methyl sites for hydroxylation is 1. The topological polar surface area (TPSA) is 71.3 Å². The maximum absolute atomic E-state index is 11.4. The number of hydrogen-bond acceptors (Lipinski definition) is 4. The first kappa shape index (κ1) is 12.9.